The molecule has 0 aliphatic carbocycles. The summed E-state index contributed by atoms with van der Waals surface area (Å²) in [6, 6.07) is 10.5. The average molecular weight is 361 g/mol. The predicted molar refractivity (Wildman–Crippen MR) is 110 cm³/mol. The molecule has 4 unspecified atom stereocenters. The first kappa shape index (κ1) is 21.4. The molecule has 0 radical (unpaired) electrons. The van der Waals surface area contributed by atoms with E-state index >= 15 is 0 Å². The van der Waals surface area contributed by atoms with Crippen LogP contribution in [0.2, 0.25) is 0 Å². The van der Waals surface area contributed by atoms with Crippen LogP contribution in [0.1, 0.15) is 98.3 Å². The second-order valence-corrected chi connectivity index (χ2v) is 8.84. The summed E-state index contributed by atoms with van der Waals surface area (Å²) >= 11 is 0. The number of rotatable bonds is 9. The summed E-state index contributed by atoms with van der Waals surface area (Å²) in [6.07, 6.45) is 8.39. The molecule has 0 amide bonds. The van der Waals surface area contributed by atoms with Crippen LogP contribution < -0.4 is 0 Å². The summed E-state index contributed by atoms with van der Waals surface area (Å²) in [6.45, 7) is 14.0. The molecule has 2 heteroatoms. The van der Waals surface area contributed by atoms with Gasteiger partial charge >= 0.3 is 0 Å². The first-order chi connectivity index (χ1) is 12.4. The largest absolute Gasteiger partial charge is 0.345 e. The Balaban J connectivity index is 2.26. The van der Waals surface area contributed by atoms with Crippen molar-refractivity contribution in [3.05, 3.63) is 35.9 Å². The van der Waals surface area contributed by atoms with Gasteiger partial charge in [0.15, 0.2) is 6.29 Å². The fourth-order valence-corrected chi connectivity index (χ4v) is 4.28. The van der Waals surface area contributed by atoms with Gasteiger partial charge in [0.2, 0.25) is 0 Å². The van der Waals surface area contributed by atoms with Gasteiger partial charge in [-0.2, -0.15) is 0 Å². The maximum atomic E-state index is 6.57. The highest BCUT2D eigenvalue weighted by Crippen LogP contribution is 2.45. The first-order valence-corrected chi connectivity index (χ1v) is 10.8. The number of hydrogen-bond acceptors (Lipinski definition) is 2. The molecule has 1 aromatic carbocycles. The van der Waals surface area contributed by atoms with Crippen molar-refractivity contribution >= 4 is 0 Å². The Hall–Kier alpha value is -0.860. The van der Waals surface area contributed by atoms with Gasteiger partial charge in [0, 0.05) is 12.0 Å². The summed E-state index contributed by atoms with van der Waals surface area (Å²) in [5.74, 6) is 0. The van der Waals surface area contributed by atoms with Crippen LogP contribution in [0.15, 0.2) is 30.3 Å². The highest BCUT2D eigenvalue weighted by atomic mass is 16.7. The van der Waals surface area contributed by atoms with E-state index in [1.54, 1.807) is 0 Å². The Morgan fingerprint density at radius 2 is 1.58 bits per heavy atom. The van der Waals surface area contributed by atoms with E-state index in [4.69, 9.17) is 9.47 Å². The van der Waals surface area contributed by atoms with Crippen molar-refractivity contribution in [2.45, 2.75) is 105 Å². The Morgan fingerprint density at radius 1 is 0.923 bits per heavy atom. The van der Waals surface area contributed by atoms with E-state index in [0.717, 1.165) is 24.8 Å². The zero-order chi connectivity index (χ0) is 19.2. The predicted octanol–water partition coefficient (Wildman–Crippen LogP) is 7.29. The zero-order valence-electron chi connectivity index (χ0n) is 17.9. The summed E-state index contributed by atoms with van der Waals surface area (Å²) in [5, 5.41) is 0. The second kappa shape index (κ2) is 9.37. The lowest BCUT2D eigenvalue weighted by Gasteiger charge is -2.46. The van der Waals surface area contributed by atoms with Gasteiger partial charge in [-0.05, 0) is 30.1 Å². The third-order valence-corrected chi connectivity index (χ3v) is 6.99. The molecule has 0 aromatic heterocycles. The van der Waals surface area contributed by atoms with Crippen LogP contribution in [-0.4, -0.2) is 12.2 Å². The van der Waals surface area contributed by atoms with Crippen molar-refractivity contribution in [2.75, 3.05) is 0 Å². The molecule has 1 aliphatic rings. The summed E-state index contributed by atoms with van der Waals surface area (Å²) in [4.78, 5) is 0. The van der Waals surface area contributed by atoms with Crippen LogP contribution in [0.5, 0.6) is 0 Å². The van der Waals surface area contributed by atoms with Gasteiger partial charge in [-0.3, -0.25) is 0 Å². The van der Waals surface area contributed by atoms with Crippen molar-refractivity contribution in [1.29, 1.82) is 0 Å². The standard InChI is InChI=1S/C24H40O2/c1-7-16-24(6,10-4)21-17-20(18-23(5,8-2)9-3)25-22(26-21)19-14-12-11-13-15-19/h11-15,20-22H,7-10,16-18H2,1-6H3. The molecule has 0 bridgehead atoms. The van der Waals surface area contributed by atoms with Crippen molar-refractivity contribution < 1.29 is 9.47 Å². The maximum Gasteiger partial charge on any atom is 0.184 e. The van der Waals surface area contributed by atoms with E-state index in [1.165, 1.54) is 25.7 Å². The smallest absolute Gasteiger partial charge is 0.184 e. The molecule has 2 rings (SSSR count). The van der Waals surface area contributed by atoms with E-state index in [0.29, 0.717) is 5.41 Å². The monoisotopic (exact) mass is 360 g/mol. The van der Waals surface area contributed by atoms with Crippen molar-refractivity contribution in [2.24, 2.45) is 10.8 Å². The van der Waals surface area contributed by atoms with Gasteiger partial charge in [-0.15, -0.1) is 0 Å². The van der Waals surface area contributed by atoms with E-state index in [1.807, 2.05) is 0 Å². The summed E-state index contributed by atoms with van der Waals surface area (Å²) < 4.78 is 13.1. The zero-order valence-corrected chi connectivity index (χ0v) is 17.9. The quantitative estimate of drug-likeness (QED) is 0.460. The molecule has 1 fully saturated rings. The normalized spacial score (nSPS) is 26.5. The van der Waals surface area contributed by atoms with E-state index < -0.39 is 0 Å². The second-order valence-electron chi connectivity index (χ2n) is 8.84. The van der Waals surface area contributed by atoms with Gasteiger partial charge < -0.3 is 9.47 Å². The van der Waals surface area contributed by atoms with E-state index in [9.17, 15) is 0 Å². The fourth-order valence-electron chi connectivity index (χ4n) is 4.28. The Morgan fingerprint density at radius 3 is 2.12 bits per heavy atom. The molecule has 1 saturated heterocycles. The van der Waals surface area contributed by atoms with Crippen molar-refractivity contribution in [3.8, 4) is 0 Å². The lowest BCUT2D eigenvalue weighted by molar-refractivity contribution is -0.276. The van der Waals surface area contributed by atoms with Crippen molar-refractivity contribution in [3.63, 3.8) is 0 Å². The Kier molecular flexibility index (Phi) is 7.73. The molecule has 0 saturated carbocycles. The molecule has 1 heterocycles. The first-order valence-electron chi connectivity index (χ1n) is 10.8. The number of hydrogen-bond donors (Lipinski definition) is 0. The van der Waals surface area contributed by atoms with Crippen LogP contribution in [0, 0.1) is 10.8 Å². The third-order valence-electron chi connectivity index (χ3n) is 6.99. The summed E-state index contributed by atoms with van der Waals surface area (Å²) in [5.41, 5.74) is 1.71. The number of ether oxygens (including phenoxy) is 2. The molecular weight excluding hydrogens is 320 g/mol. The molecule has 0 N–H and O–H groups in total. The van der Waals surface area contributed by atoms with Crippen LogP contribution >= 0.6 is 0 Å². The van der Waals surface area contributed by atoms with Crippen molar-refractivity contribution in [1.82, 2.24) is 0 Å². The van der Waals surface area contributed by atoms with Gasteiger partial charge in [0.05, 0.1) is 12.2 Å². The minimum atomic E-state index is -0.236. The molecule has 1 aromatic rings. The third kappa shape index (κ3) is 5.10. The fraction of sp³-hybridized carbons (Fsp3) is 0.750. The minimum Gasteiger partial charge on any atom is -0.345 e. The van der Waals surface area contributed by atoms with Gasteiger partial charge in [0.1, 0.15) is 0 Å². The highest BCUT2D eigenvalue weighted by Gasteiger charge is 2.42. The Bertz CT molecular complexity index is 522. The molecule has 26 heavy (non-hydrogen) atoms. The molecule has 4 atom stereocenters. The van der Waals surface area contributed by atoms with Crippen LogP contribution in [-0.2, 0) is 9.47 Å². The van der Waals surface area contributed by atoms with Gasteiger partial charge in [-0.1, -0.05) is 91.1 Å². The lowest BCUT2D eigenvalue weighted by atomic mass is 9.72. The lowest BCUT2D eigenvalue weighted by Crippen LogP contribution is -2.44. The van der Waals surface area contributed by atoms with Gasteiger partial charge in [0.25, 0.3) is 0 Å². The summed E-state index contributed by atoms with van der Waals surface area (Å²) in [7, 11) is 0. The van der Waals surface area contributed by atoms with E-state index in [-0.39, 0.29) is 23.9 Å². The molecule has 0 spiro atoms. The van der Waals surface area contributed by atoms with Gasteiger partial charge in [-0.25, -0.2) is 0 Å². The average Bonchev–Trinajstić information content (AvgIpc) is 2.68. The molecular formula is C24H40O2. The molecule has 2 nitrogen and oxygen atoms in total. The van der Waals surface area contributed by atoms with Crippen LogP contribution in [0.4, 0.5) is 0 Å². The molecule has 148 valence electrons. The minimum absolute atomic E-state index is 0.221. The topological polar surface area (TPSA) is 18.5 Å². The highest BCUT2D eigenvalue weighted by molar-refractivity contribution is 5.16. The van der Waals surface area contributed by atoms with Crippen LogP contribution in [0.3, 0.4) is 0 Å². The van der Waals surface area contributed by atoms with Crippen LogP contribution in [0.25, 0.3) is 0 Å². The maximum absolute atomic E-state index is 6.57. The molecule has 1 aliphatic heterocycles. The Labute approximate surface area is 161 Å². The number of benzene rings is 1. The van der Waals surface area contributed by atoms with E-state index in [2.05, 4.69) is 71.9 Å². The SMILES string of the molecule is CCCC(C)(CC)C1CC(CC(C)(CC)CC)OC(c2ccccc2)O1.